The second-order valence-electron chi connectivity index (χ2n) is 6.80. The predicted molar refractivity (Wildman–Crippen MR) is 96.2 cm³/mol. The number of nitrogens with zero attached hydrogens (tertiary/aromatic N) is 1. The quantitative estimate of drug-likeness (QED) is 0.685. The summed E-state index contributed by atoms with van der Waals surface area (Å²) in [6, 6.07) is 15.4. The molecule has 1 aliphatic carbocycles. The molecule has 2 aromatic carbocycles. The van der Waals surface area contributed by atoms with Crippen molar-refractivity contribution in [3.05, 3.63) is 65.5 Å². The Morgan fingerprint density at radius 3 is 2.72 bits per heavy atom. The van der Waals surface area contributed by atoms with Crippen LogP contribution < -0.4 is 5.32 Å². The number of amides is 1. The van der Waals surface area contributed by atoms with Gasteiger partial charge in [-0.1, -0.05) is 30.3 Å². The third-order valence-corrected chi connectivity index (χ3v) is 4.93. The fraction of sp³-hybridized carbons (Fsp3) is 0.300. The van der Waals surface area contributed by atoms with Gasteiger partial charge >= 0.3 is 0 Å². The van der Waals surface area contributed by atoms with Crippen molar-refractivity contribution >= 4 is 16.9 Å². The van der Waals surface area contributed by atoms with Gasteiger partial charge in [0.2, 0.25) is 0 Å². The topological polar surface area (TPSA) is 78.0 Å². The third kappa shape index (κ3) is 3.15. The molecule has 0 aliphatic heterocycles. The van der Waals surface area contributed by atoms with E-state index in [0.29, 0.717) is 5.56 Å². The van der Waals surface area contributed by atoms with Gasteiger partial charge in [0.1, 0.15) is 5.82 Å². The molecule has 1 aliphatic rings. The van der Waals surface area contributed by atoms with Gasteiger partial charge in [-0.15, -0.1) is 0 Å². The van der Waals surface area contributed by atoms with E-state index in [2.05, 4.69) is 15.3 Å². The molecular weight excluding hydrogens is 314 g/mol. The summed E-state index contributed by atoms with van der Waals surface area (Å²) >= 11 is 0. The minimum Gasteiger partial charge on any atom is -0.393 e. The summed E-state index contributed by atoms with van der Waals surface area (Å²) in [7, 11) is 0. The molecule has 1 fully saturated rings. The van der Waals surface area contributed by atoms with Crippen LogP contribution in [0.4, 0.5) is 0 Å². The van der Waals surface area contributed by atoms with Crippen molar-refractivity contribution < 1.29 is 9.90 Å². The zero-order valence-corrected chi connectivity index (χ0v) is 14.1. The summed E-state index contributed by atoms with van der Waals surface area (Å²) in [5, 5.41) is 12.8. The number of nitrogens with one attached hydrogen (secondary N) is 2. The number of carbonyl (C=O) groups excluding carboxylic acids is 1. The number of fused-ring (bicyclic) bond motifs is 1. The number of rotatable bonds is 4. The summed E-state index contributed by atoms with van der Waals surface area (Å²) < 4.78 is 0. The van der Waals surface area contributed by atoms with Crippen molar-refractivity contribution in [2.24, 2.45) is 5.92 Å². The summed E-state index contributed by atoms with van der Waals surface area (Å²) in [4.78, 5) is 20.3. The van der Waals surface area contributed by atoms with Gasteiger partial charge in [0.05, 0.1) is 23.2 Å². The Morgan fingerprint density at radius 1 is 1.24 bits per heavy atom. The molecule has 1 atom stereocenters. The van der Waals surface area contributed by atoms with Gasteiger partial charge in [0.25, 0.3) is 5.91 Å². The van der Waals surface area contributed by atoms with Crippen LogP contribution in [-0.2, 0) is 0 Å². The van der Waals surface area contributed by atoms with Crippen LogP contribution in [0.15, 0.2) is 48.5 Å². The molecular formula is C20H21N3O2. The minimum absolute atomic E-state index is 0.0868. The Labute approximate surface area is 146 Å². The van der Waals surface area contributed by atoms with Gasteiger partial charge in [0.15, 0.2) is 0 Å². The highest BCUT2D eigenvalue weighted by Gasteiger charge is 2.35. The largest absolute Gasteiger partial charge is 0.393 e. The van der Waals surface area contributed by atoms with Crippen LogP contribution >= 0.6 is 0 Å². The van der Waals surface area contributed by atoms with Gasteiger partial charge in [-0.2, -0.15) is 0 Å². The molecule has 0 unspecified atom stereocenters. The maximum atomic E-state index is 12.8. The molecule has 3 N–H and O–H groups in total. The van der Waals surface area contributed by atoms with Crippen molar-refractivity contribution in [3.8, 4) is 0 Å². The van der Waals surface area contributed by atoms with E-state index < -0.39 is 0 Å². The van der Waals surface area contributed by atoms with Crippen molar-refractivity contribution in [1.82, 2.24) is 15.3 Å². The summed E-state index contributed by atoms with van der Waals surface area (Å²) in [5.74, 6) is 0.988. The second kappa shape index (κ2) is 6.33. The first-order chi connectivity index (χ1) is 12.1. The zero-order valence-electron chi connectivity index (χ0n) is 14.1. The van der Waals surface area contributed by atoms with Crippen LogP contribution in [0.5, 0.6) is 0 Å². The van der Waals surface area contributed by atoms with Crippen LogP contribution in [0.25, 0.3) is 11.0 Å². The first-order valence-corrected chi connectivity index (χ1v) is 8.60. The normalized spacial score (nSPS) is 20.9. The minimum atomic E-state index is -0.252. The number of H-pyrrole nitrogens is 1. The second-order valence-corrected chi connectivity index (χ2v) is 6.80. The van der Waals surface area contributed by atoms with Gasteiger partial charge in [0, 0.05) is 5.56 Å². The van der Waals surface area contributed by atoms with Crippen LogP contribution in [0, 0.1) is 12.8 Å². The first kappa shape index (κ1) is 15.8. The lowest BCUT2D eigenvalue weighted by atomic mass is 9.75. The molecule has 0 radical (unpaired) electrons. The first-order valence-electron chi connectivity index (χ1n) is 8.60. The molecule has 5 nitrogen and oxygen atoms in total. The zero-order chi connectivity index (χ0) is 17.4. The van der Waals surface area contributed by atoms with E-state index in [1.807, 2.05) is 49.4 Å². The van der Waals surface area contributed by atoms with Crippen molar-refractivity contribution in [2.45, 2.75) is 31.9 Å². The number of imidazole rings is 1. The van der Waals surface area contributed by atoms with Crippen molar-refractivity contribution in [3.63, 3.8) is 0 Å². The Balaban J connectivity index is 1.58. The smallest absolute Gasteiger partial charge is 0.251 e. The number of aromatic amines is 1. The third-order valence-electron chi connectivity index (χ3n) is 4.93. The van der Waals surface area contributed by atoms with Gasteiger partial charge < -0.3 is 15.4 Å². The van der Waals surface area contributed by atoms with E-state index in [-0.39, 0.29) is 24.0 Å². The average molecular weight is 335 g/mol. The van der Waals surface area contributed by atoms with Gasteiger partial charge in [-0.3, -0.25) is 4.79 Å². The number of hydrogen-bond donors (Lipinski definition) is 3. The Bertz CT molecular complexity index is 898. The molecule has 128 valence electrons. The van der Waals surface area contributed by atoms with Crippen LogP contribution in [0.2, 0.25) is 0 Å². The lowest BCUT2D eigenvalue weighted by Crippen LogP contribution is -2.41. The number of aryl methyl sites for hydroxylation is 1. The van der Waals surface area contributed by atoms with Crippen LogP contribution in [-0.4, -0.2) is 27.1 Å². The molecule has 4 rings (SSSR count). The molecule has 0 bridgehead atoms. The summed E-state index contributed by atoms with van der Waals surface area (Å²) in [5.41, 5.74) is 3.40. The van der Waals surface area contributed by atoms with Gasteiger partial charge in [-0.05, 0) is 49.4 Å². The lowest BCUT2D eigenvalue weighted by molar-refractivity contribution is 0.0235. The van der Waals surface area contributed by atoms with Crippen molar-refractivity contribution in [1.29, 1.82) is 0 Å². The number of aliphatic hydroxyl groups excluding tert-OH is 1. The maximum Gasteiger partial charge on any atom is 0.251 e. The molecule has 3 aromatic rings. The Hall–Kier alpha value is -2.66. The van der Waals surface area contributed by atoms with E-state index in [4.69, 9.17) is 0 Å². The SMILES string of the molecule is Cc1nc2ccc(C(=O)N[C@H](c3ccccc3)C3CC(O)C3)cc2[nH]1. The lowest BCUT2D eigenvalue weighted by Gasteiger charge is -2.38. The Morgan fingerprint density at radius 2 is 2.00 bits per heavy atom. The predicted octanol–water partition coefficient (Wildman–Crippen LogP) is 3.11. The maximum absolute atomic E-state index is 12.8. The van der Waals surface area contributed by atoms with Crippen LogP contribution in [0.1, 0.15) is 40.6 Å². The highest BCUT2D eigenvalue weighted by atomic mass is 16.3. The molecule has 1 saturated carbocycles. The fourth-order valence-electron chi connectivity index (χ4n) is 3.54. The average Bonchev–Trinajstić information content (AvgIpc) is 2.97. The van der Waals surface area contributed by atoms with E-state index in [9.17, 15) is 9.90 Å². The number of carbonyl (C=O) groups is 1. The monoisotopic (exact) mass is 335 g/mol. The molecule has 25 heavy (non-hydrogen) atoms. The van der Waals surface area contributed by atoms with E-state index in [0.717, 1.165) is 35.3 Å². The number of aromatic nitrogens is 2. The molecule has 1 aromatic heterocycles. The highest BCUT2D eigenvalue weighted by molar-refractivity contribution is 5.97. The standard InChI is InChI=1S/C20H21N3O2/c1-12-21-17-8-7-14(11-18(17)22-12)20(25)23-19(15-9-16(24)10-15)13-5-3-2-4-6-13/h2-8,11,15-16,19,24H,9-10H2,1H3,(H,21,22)(H,23,25)/t15?,16?,19-/m1/s1. The molecule has 0 spiro atoms. The van der Waals surface area contributed by atoms with Gasteiger partial charge in [-0.25, -0.2) is 4.98 Å². The number of aliphatic hydroxyl groups is 1. The molecule has 1 amide bonds. The van der Waals surface area contributed by atoms with E-state index in [1.165, 1.54) is 0 Å². The molecule has 1 heterocycles. The number of hydrogen-bond acceptors (Lipinski definition) is 3. The van der Waals surface area contributed by atoms with Crippen LogP contribution in [0.3, 0.4) is 0 Å². The van der Waals surface area contributed by atoms with E-state index in [1.54, 1.807) is 6.07 Å². The fourth-order valence-corrected chi connectivity index (χ4v) is 3.54. The van der Waals surface area contributed by atoms with Crippen molar-refractivity contribution in [2.75, 3.05) is 0 Å². The summed E-state index contributed by atoms with van der Waals surface area (Å²) in [6.07, 6.45) is 1.19. The molecule has 5 heteroatoms. The highest BCUT2D eigenvalue weighted by Crippen LogP contribution is 2.38. The number of benzene rings is 2. The summed E-state index contributed by atoms with van der Waals surface area (Å²) in [6.45, 7) is 1.90. The van der Waals surface area contributed by atoms with E-state index >= 15 is 0 Å². The molecule has 0 saturated heterocycles. The Kier molecular flexibility index (Phi) is 4.01.